The summed E-state index contributed by atoms with van der Waals surface area (Å²) >= 11 is 0. The van der Waals surface area contributed by atoms with E-state index in [1.54, 1.807) is 13.0 Å². The first-order valence-corrected chi connectivity index (χ1v) is 6.89. The smallest absolute Gasteiger partial charge is 0.343 e. The van der Waals surface area contributed by atoms with Crippen molar-refractivity contribution in [2.24, 2.45) is 5.73 Å². The molecule has 24 heavy (non-hydrogen) atoms. The topological polar surface area (TPSA) is 132 Å². The summed E-state index contributed by atoms with van der Waals surface area (Å²) in [5, 5.41) is 20.8. The Bertz CT molecular complexity index is 984. The molecule has 0 amide bonds. The zero-order chi connectivity index (χ0) is 17.4. The fourth-order valence-electron chi connectivity index (χ4n) is 2.73. The van der Waals surface area contributed by atoms with Crippen LogP contribution in [0.25, 0.3) is 0 Å². The molecule has 0 saturated heterocycles. The van der Waals surface area contributed by atoms with Gasteiger partial charge in [0.15, 0.2) is 0 Å². The van der Waals surface area contributed by atoms with Crippen molar-refractivity contribution >= 4 is 5.69 Å². The Kier molecular flexibility index (Phi) is 3.54. The summed E-state index contributed by atoms with van der Waals surface area (Å²) in [6.45, 7) is 1.56. The van der Waals surface area contributed by atoms with E-state index < -0.39 is 16.5 Å². The largest absolute Gasteiger partial charge is 0.440 e. The number of nitrogens with zero attached hydrogens (tertiary/aromatic N) is 2. The molecule has 2 N–H and O–H groups in total. The number of hydrogen-bond acceptors (Lipinski definition) is 7. The second-order valence-electron chi connectivity index (χ2n) is 5.16. The Labute approximate surface area is 135 Å². The van der Waals surface area contributed by atoms with Crippen LogP contribution >= 0.6 is 0 Å². The Morgan fingerprint density at radius 3 is 2.75 bits per heavy atom. The average Bonchev–Trinajstić information content (AvgIpc) is 2.53. The van der Waals surface area contributed by atoms with Gasteiger partial charge in [0.25, 0.3) is 5.69 Å². The molecule has 0 aliphatic carbocycles. The van der Waals surface area contributed by atoms with Gasteiger partial charge in [0.05, 0.1) is 16.4 Å². The van der Waals surface area contributed by atoms with Crippen LogP contribution in [-0.2, 0) is 0 Å². The van der Waals surface area contributed by atoms with Gasteiger partial charge < -0.3 is 14.9 Å². The number of fused-ring (bicyclic) bond motifs is 1. The number of nitro groups is 1. The van der Waals surface area contributed by atoms with Crippen molar-refractivity contribution in [2.45, 2.75) is 12.8 Å². The molecule has 2 heterocycles. The number of benzene rings is 1. The van der Waals surface area contributed by atoms with Crippen LogP contribution in [0.15, 0.2) is 51.0 Å². The number of aryl methyl sites for hydroxylation is 1. The Hall–Kier alpha value is -3.60. The van der Waals surface area contributed by atoms with E-state index in [9.17, 15) is 20.2 Å². The quantitative estimate of drug-likeness (QED) is 0.660. The highest BCUT2D eigenvalue weighted by Gasteiger charge is 2.37. The van der Waals surface area contributed by atoms with Crippen molar-refractivity contribution in [2.75, 3.05) is 0 Å². The van der Waals surface area contributed by atoms with E-state index in [-0.39, 0.29) is 34.0 Å². The minimum atomic E-state index is -1.03. The van der Waals surface area contributed by atoms with Gasteiger partial charge in [-0.15, -0.1) is 0 Å². The van der Waals surface area contributed by atoms with Gasteiger partial charge in [0, 0.05) is 17.7 Å². The second-order valence-corrected chi connectivity index (χ2v) is 5.16. The van der Waals surface area contributed by atoms with Gasteiger partial charge in [-0.05, 0) is 6.92 Å². The number of allylic oxidation sites excluding steroid dienone is 1. The molecular formula is C16H11N3O5. The van der Waals surface area contributed by atoms with Crippen LogP contribution in [0, 0.1) is 28.4 Å². The number of hydrogen-bond donors (Lipinski definition) is 1. The molecule has 8 heteroatoms. The summed E-state index contributed by atoms with van der Waals surface area (Å²) in [5.74, 6) is -0.799. The van der Waals surface area contributed by atoms with E-state index in [4.69, 9.17) is 14.9 Å². The van der Waals surface area contributed by atoms with Crippen molar-refractivity contribution in [1.82, 2.24) is 0 Å². The number of nitrogens with two attached hydrogens (primary N) is 1. The van der Waals surface area contributed by atoms with Gasteiger partial charge >= 0.3 is 5.63 Å². The minimum Gasteiger partial charge on any atom is -0.440 e. The molecule has 0 bridgehead atoms. The lowest BCUT2D eigenvalue weighted by molar-refractivity contribution is -0.385. The summed E-state index contributed by atoms with van der Waals surface area (Å²) < 4.78 is 10.4. The molecule has 1 aromatic carbocycles. The van der Waals surface area contributed by atoms with Crippen LogP contribution < -0.4 is 16.1 Å². The zero-order valence-electron chi connectivity index (χ0n) is 12.5. The predicted molar refractivity (Wildman–Crippen MR) is 82.1 cm³/mol. The third-order valence-corrected chi connectivity index (χ3v) is 3.70. The molecule has 120 valence electrons. The Morgan fingerprint density at radius 1 is 1.38 bits per heavy atom. The van der Waals surface area contributed by atoms with Crippen molar-refractivity contribution in [3.63, 3.8) is 0 Å². The highest BCUT2D eigenvalue weighted by Crippen LogP contribution is 2.43. The number of nitro benzene ring substituents is 1. The van der Waals surface area contributed by atoms with Crippen molar-refractivity contribution in [1.29, 1.82) is 5.26 Å². The highest BCUT2D eigenvalue weighted by atomic mass is 16.6. The second kappa shape index (κ2) is 5.55. The van der Waals surface area contributed by atoms with Gasteiger partial charge in [-0.3, -0.25) is 10.1 Å². The third-order valence-electron chi connectivity index (χ3n) is 3.70. The maximum atomic E-state index is 12.3. The van der Waals surface area contributed by atoms with Gasteiger partial charge in [-0.2, -0.15) is 5.26 Å². The van der Waals surface area contributed by atoms with Crippen LogP contribution in [0.4, 0.5) is 5.69 Å². The fourth-order valence-corrected chi connectivity index (χ4v) is 2.73. The summed E-state index contributed by atoms with van der Waals surface area (Å²) in [6, 6.07) is 9.19. The van der Waals surface area contributed by atoms with Crippen LogP contribution in [0.3, 0.4) is 0 Å². The van der Waals surface area contributed by atoms with Crippen LogP contribution in [-0.4, -0.2) is 4.92 Å². The molecule has 1 aliphatic rings. The monoisotopic (exact) mass is 325 g/mol. The third kappa shape index (κ3) is 2.28. The minimum absolute atomic E-state index is 0.0145. The molecule has 0 saturated carbocycles. The summed E-state index contributed by atoms with van der Waals surface area (Å²) in [6.07, 6.45) is 0. The standard InChI is InChI=1S/C16H11N3O5/c1-8-6-12-14(16(20)23-8)13(10(7-17)15(18)24-12)9-4-2-3-5-11(9)19(21)22/h2-6,13H,18H2,1H3. The molecular weight excluding hydrogens is 314 g/mol. The molecule has 0 radical (unpaired) electrons. The lowest BCUT2D eigenvalue weighted by Crippen LogP contribution is -2.26. The number of nitriles is 1. The van der Waals surface area contributed by atoms with Crippen molar-refractivity contribution in [3.8, 4) is 11.8 Å². The first-order valence-electron chi connectivity index (χ1n) is 6.89. The summed E-state index contributed by atoms with van der Waals surface area (Å²) in [4.78, 5) is 23.1. The molecule has 0 spiro atoms. The van der Waals surface area contributed by atoms with Gasteiger partial charge in [-0.1, -0.05) is 18.2 Å². The van der Waals surface area contributed by atoms with E-state index in [0.29, 0.717) is 5.76 Å². The lowest BCUT2D eigenvalue weighted by atomic mass is 9.83. The van der Waals surface area contributed by atoms with E-state index in [1.807, 2.05) is 6.07 Å². The summed E-state index contributed by atoms with van der Waals surface area (Å²) in [7, 11) is 0. The molecule has 8 nitrogen and oxygen atoms in total. The van der Waals surface area contributed by atoms with E-state index in [2.05, 4.69) is 0 Å². The van der Waals surface area contributed by atoms with E-state index >= 15 is 0 Å². The molecule has 1 aromatic heterocycles. The number of para-hydroxylation sites is 1. The lowest BCUT2D eigenvalue weighted by Gasteiger charge is -2.24. The van der Waals surface area contributed by atoms with Crippen molar-refractivity contribution < 1.29 is 14.1 Å². The highest BCUT2D eigenvalue weighted by molar-refractivity contribution is 5.59. The fraction of sp³-hybridized carbons (Fsp3) is 0.125. The molecule has 1 unspecified atom stereocenters. The first kappa shape index (κ1) is 15.3. The molecule has 1 aliphatic heterocycles. The van der Waals surface area contributed by atoms with Gasteiger partial charge in [0.2, 0.25) is 5.88 Å². The van der Waals surface area contributed by atoms with Crippen LogP contribution in [0.1, 0.15) is 22.8 Å². The van der Waals surface area contributed by atoms with E-state index in [0.717, 1.165) is 0 Å². The number of rotatable bonds is 2. The predicted octanol–water partition coefficient (Wildman–Crippen LogP) is 2.07. The Morgan fingerprint density at radius 2 is 2.08 bits per heavy atom. The molecule has 3 rings (SSSR count). The molecule has 1 atom stereocenters. The van der Waals surface area contributed by atoms with Crippen LogP contribution in [0.5, 0.6) is 5.75 Å². The summed E-state index contributed by atoms with van der Waals surface area (Å²) in [5.41, 5.74) is 4.94. The van der Waals surface area contributed by atoms with Gasteiger partial charge in [0.1, 0.15) is 23.2 Å². The normalized spacial score (nSPS) is 16.1. The molecule has 2 aromatic rings. The maximum absolute atomic E-state index is 12.3. The average molecular weight is 325 g/mol. The SMILES string of the molecule is Cc1cc2c(c(=O)o1)C(c1ccccc1[N+](=O)[O-])C(C#N)=C(N)O2. The van der Waals surface area contributed by atoms with Crippen LogP contribution in [0.2, 0.25) is 0 Å². The van der Waals surface area contributed by atoms with E-state index in [1.165, 1.54) is 24.3 Å². The maximum Gasteiger partial charge on any atom is 0.343 e. The van der Waals surface area contributed by atoms with Crippen molar-refractivity contribution in [3.05, 3.63) is 79.2 Å². The van der Waals surface area contributed by atoms with Gasteiger partial charge in [-0.25, -0.2) is 4.79 Å². The first-order chi connectivity index (χ1) is 11.4. The number of ether oxygens (including phenoxy) is 1. The Balaban J connectivity index is 2.37. The zero-order valence-corrected chi connectivity index (χ0v) is 12.5. The molecule has 0 fully saturated rings.